The molecule has 1 fully saturated rings. The van der Waals surface area contributed by atoms with Gasteiger partial charge in [0.1, 0.15) is 6.79 Å². The van der Waals surface area contributed by atoms with Crippen LogP contribution in [0.25, 0.3) is 0 Å². The van der Waals surface area contributed by atoms with Gasteiger partial charge in [0.25, 0.3) is 10.1 Å². The van der Waals surface area contributed by atoms with Gasteiger partial charge in [-0.1, -0.05) is 17.7 Å². The highest BCUT2D eigenvalue weighted by molar-refractivity contribution is 7.86. The Hall–Kier alpha value is -0.950. The van der Waals surface area contributed by atoms with Crippen molar-refractivity contribution in [3.8, 4) is 0 Å². The van der Waals surface area contributed by atoms with Crippen LogP contribution in [0.2, 0.25) is 0 Å². The second-order valence-corrected chi connectivity index (χ2v) is 6.29. The first-order valence-corrected chi connectivity index (χ1v) is 7.57. The highest BCUT2D eigenvalue weighted by Gasteiger charge is 2.23. The fourth-order valence-electron chi connectivity index (χ4n) is 1.81. The molecule has 1 saturated heterocycles. The van der Waals surface area contributed by atoms with Gasteiger partial charge >= 0.3 is 0 Å². The molecule has 0 radical (unpaired) electrons. The van der Waals surface area contributed by atoms with Crippen LogP contribution < -0.4 is 0 Å². The van der Waals surface area contributed by atoms with Gasteiger partial charge in [-0.15, -0.1) is 0 Å². The maximum Gasteiger partial charge on any atom is 0.297 e. The Morgan fingerprint density at radius 1 is 1.26 bits per heavy atom. The zero-order chi connectivity index (χ0) is 13.9. The van der Waals surface area contributed by atoms with E-state index < -0.39 is 10.1 Å². The molecule has 1 aromatic rings. The summed E-state index contributed by atoms with van der Waals surface area (Å²) in [5.41, 5.74) is 1.00. The second kappa shape index (κ2) is 6.00. The van der Waals surface area contributed by atoms with Gasteiger partial charge in [-0.05, 0) is 26.0 Å². The third kappa shape index (κ3) is 4.01. The largest absolute Gasteiger partial charge is 0.352 e. The fraction of sp³-hybridized carbons (Fsp3) is 0.538. The second-order valence-electron chi connectivity index (χ2n) is 4.67. The summed E-state index contributed by atoms with van der Waals surface area (Å²) in [5.74, 6) is 0. The van der Waals surface area contributed by atoms with Gasteiger partial charge in [-0.2, -0.15) is 8.42 Å². The molecule has 0 amide bonds. The average molecular weight is 286 g/mol. The van der Waals surface area contributed by atoms with Crippen molar-refractivity contribution in [2.75, 3.05) is 13.4 Å². The molecular formula is C13H18O5S. The molecule has 0 aromatic heterocycles. The van der Waals surface area contributed by atoms with Crippen molar-refractivity contribution in [1.82, 2.24) is 0 Å². The van der Waals surface area contributed by atoms with E-state index in [1.165, 1.54) is 12.1 Å². The first-order chi connectivity index (χ1) is 8.97. The molecule has 2 rings (SSSR count). The van der Waals surface area contributed by atoms with Crippen molar-refractivity contribution in [2.24, 2.45) is 0 Å². The van der Waals surface area contributed by atoms with Crippen LogP contribution in [0.4, 0.5) is 0 Å². The van der Waals surface area contributed by atoms with E-state index >= 15 is 0 Å². The van der Waals surface area contributed by atoms with Crippen molar-refractivity contribution in [3.63, 3.8) is 0 Å². The van der Waals surface area contributed by atoms with Crippen LogP contribution in [0.1, 0.15) is 18.9 Å². The average Bonchev–Trinajstić information content (AvgIpc) is 2.37. The molecule has 1 aliphatic rings. The quantitative estimate of drug-likeness (QED) is 0.790. The van der Waals surface area contributed by atoms with E-state index in [0.717, 1.165) is 5.56 Å². The number of hydrogen-bond acceptors (Lipinski definition) is 5. The Kier molecular flexibility index (Phi) is 4.57. The summed E-state index contributed by atoms with van der Waals surface area (Å²) in [6, 6.07) is 6.56. The van der Waals surface area contributed by atoms with Crippen LogP contribution in [0, 0.1) is 6.92 Å². The number of hydrogen-bond donors (Lipinski definition) is 0. The van der Waals surface area contributed by atoms with Gasteiger partial charge in [-0.3, -0.25) is 4.18 Å². The van der Waals surface area contributed by atoms with Crippen molar-refractivity contribution in [2.45, 2.75) is 37.4 Å². The predicted molar refractivity (Wildman–Crippen MR) is 69.2 cm³/mol. The van der Waals surface area contributed by atoms with E-state index in [9.17, 15) is 8.42 Å². The molecule has 0 saturated carbocycles. The molecule has 0 bridgehead atoms. The lowest BCUT2D eigenvalue weighted by Gasteiger charge is -2.27. The van der Waals surface area contributed by atoms with Gasteiger partial charge < -0.3 is 9.47 Å². The SMILES string of the molecule is Cc1ccc(S(=O)(=O)OC[C@H]2C[C@H](C)OCO2)cc1. The zero-order valence-corrected chi connectivity index (χ0v) is 11.9. The molecule has 1 heterocycles. The maximum atomic E-state index is 12.0. The number of aryl methyl sites for hydroxylation is 1. The van der Waals surface area contributed by atoms with Gasteiger partial charge in [0.2, 0.25) is 0 Å². The smallest absolute Gasteiger partial charge is 0.297 e. The highest BCUT2D eigenvalue weighted by atomic mass is 32.2. The van der Waals surface area contributed by atoms with Crippen LogP contribution in [-0.4, -0.2) is 34.0 Å². The van der Waals surface area contributed by atoms with E-state index in [-0.39, 0.29) is 30.5 Å². The minimum absolute atomic E-state index is 0.0178. The Bertz CT molecular complexity index is 508. The molecule has 19 heavy (non-hydrogen) atoms. The van der Waals surface area contributed by atoms with E-state index in [4.69, 9.17) is 13.7 Å². The zero-order valence-electron chi connectivity index (χ0n) is 11.0. The molecule has 1 aromatic carbocycles. The van der Waals surface area contributed by atoms with Crippen LogP contribution in [0.5, 0.6) is 0 Å². The van der Waals surface area contributed by atoms with E-state index in [1.54, 1.807) is 12.1 Å². The number of benzene rings is 1. The molecule has 6 heteroatoms. The van der Waals surface area contributed by atoms with Crippen molar-refractivity contribution in [1.29, 1.82) is 0 Å². The van der Waals surface area contributed by atoms with Crippen LogP contribution in [-0.2, 0) is 23.8 Å². The third-order valence-corrected chi connectivity index (χ3v) is 4.27. The lowest BCUT2D eigenvalue weighted by molar-refractivity contribution is -0.176. The monoisotopic (exact) mass is 286 g/mol. The van der Waals surface area contributed by atoms with Gasteiger partial charge in [0, 0.05) is 6.42 Å². The Labute approximate surface area is 113 Å². The summed E-state index contributed by atoms with van der Waals surface area (Å²) < 4.78 is 39.4. The molecule has 1 aliphatic heterocycles. The third-order valence-electron chi connectivity index (χ3n) is 2.97. The summed E-state index contributed by atoms with van der Waals surface area (Å²) in [5, 5.41) is 0. The molecule has 5 nitrogen and oxygen atoms in total. The standard InChI is InChI=1S/C13H18O5S/c1-10-3-5-13(6-4-10)19(14,15)18-8-12-7-11(2)16-9-17-12/h3-6,11-12H,7-9H2,1-2H3/t11-,12+/m0/s1. The van der Waals surface area contributed by atoms with Gasteiger partial charge in [0.15, 0.2) is 0 Å². The Balaban J connectivity index is 1.96. The fourth-order valence-corrected chi connectivity index (χ4v) is 2.75. The highest BCUT2D eigenvalue weighted by Crippen LogP contribution is 2.17. The van der Waals surface area contributed by atoms with Crippen LogP contribution >= 0.6 is 0 Å². The van der Waals surface area contributed by atoms with Crippen molar-refractivity contribution in [3.05, 3.63) is 29.8 Å². The van der Waals surface area contributed by atoms with E-state index in [1.807, 2.05) is 13.8 Å². The van der Waals surface area contributed by atoms with Crippen LogP contribution in [0.15, 0.2) is 29.2 Å². The molecule has 0 aliphatic carbocycles. The number of ether oxygens (including phenoxy) is 2. The van der Waals surface area contributed by atoms with Crippen LogP contribution in [0.3, 0.4) is 0 Å². The lowest BCUT2D eigenvalue weighted by Crippen LogP contribution is -2.33. The lowest BCUT2D eigenvalue weighted by atomic mass is 10.2. The number of rotatable bonds is 4. The van der Waals surface area contributed by atoms with Crippen molar-refractivity contribution >= 4 is 10.1 Å². The normalized spacial score (nSPS) is 24.3. The minimum Gasteiger partial charge on any atom is -0.352 e. The molecule has 0 spiro atoms. The first-order valence-electron chi connectivity index (χ1n) is 6.17. The summed E-state index contributed by atoms with van der Waals surface area (Å²) in [7, 11) is -3.71. The summed E-state index contributed by atoms with van der Waals surface area (Å²) >= 11 is 0. The van der Waals surface area contributed by atoms with Gasteiger partial charge in [-0.25, -0.2) is 0 Å². The Morgan fingerprint density at radius 2 is 1.95 bits per heavy atom. The minimum atomic E-state index is -3.71. The summed E-state index contributed by atoms with van der Waals surface area (Å²) in [6.45, 7) is 4.02. The molecular weight excluding hydrogens is 268 g/mol. The van der Waals surface area contributed by atoms with E-state index in [2.05, 4.69) is 0 Å². The van der Waals surface area contributed by atoms with Crippen molar-refractivity contribution < 1.29 is 22.1 Å². The first kappa shape index (κ1) is 14.5. The Morgan fingerprint density at radius 3 is 2.58 bits per heavy atom. The molecule has 0 unspecified atom stereocenters. The van der Waals surface area contributed by atoms with E-state index in [0.29, 0.717) is 6.42 Å². The molecule has 106 valence electrons. The van der Waals surface area contributed by atoms with Gasteiger partial charge in [0.05, 0.1) is 23.7 Å². The molecule has 0 N–H and O–H groups in total. The summed E-state index contributed by atoms with van der Waals surface area (Å²) in [4.78, 5) is 0.165. The predicted octanol–water partition coefficient (Wildman–Crippen LogP) is 1.85. The maximum absolute atomic E-state index is 12.0. The molecule has 2 atom stereocenters. The topological polar surface area (TPSA) is 61.8 Å². The summed E-state index contributed by atoms with van der Waals surface area (Å²) in [6.07, 6.45) is 0.442.